The number of hydrogen-bond donors (Lipinski definition) is 1. The first-order chi connectivity index (χ1) is 9.68. The molecule has 0 bridgehead atoms. The summed E-state index contributed by atoms with van der Waals surface area (Å²) in [6.07, 6.45) is 4.55. The summed E-state index contributed by atoms with van der Waals surface area (Å²) in [7, 11) is -3.43. The van der Waals surface area contributed by atoms with E-state index in [1.54, 1.807) is 18.2 Å². The van der Waals surface area contributed by atoms with E-state index in [1.165, 1.54) is 12.8 Å². The molecule has 0 atom stereocenters. The van der Waals surface area contributed by atoms with Gasteiger partial charge in [0.25, 0.3) is 0 Å². The minimum Gasteiger partial charge on any atom is -0.211 e. The van der Waals surface area contributed by atoms with E-state index in [9.17, 15) is 8.42 Å². The fourth-order valence-corrected chi connectivity index (χ4v) is 3.67. The Balaban J connectivity index is 2.70. The van der Waals surface area contributed by atoms with Gasteiger partial charge in [0.1, 0.15) is 0 Å². The van der Waals surface area contributed by atoms with Crippen molar-refractivity contribution < 1.29 is 8.42 Å². The van der Waals surface area contributed by atoms with Crippen LogP contribution in [0, 0.1) is 12.3 Å². The van der Waals surface area contributed by atoms with Crippen LogP contribution in [0.4, 0.5) is 0 Å². The summed E-state index contributed by atoms with van der Waals surface area (Å²) >= 11 is 3.39. The minimum atomic E-state index is -3.43. The molecule has 0 fully saturated rings. The molecule has 0 heterocycles. The van der Waals surface area contributed by atoms with Crippen molar-refractivity contribution in [3.8, 4) is 0 Å². The molecule has 0 amide bonds. The summed E-state index contributed by atoms with van der Waals surface area (Å²) in [5.74, 6) is 0. The number of rotatable bonds is 8. The molecule has 0 aromatic heterocycles. The van der Waals surface area contributed by atoms with Gasteiger partial charge in [-0.1, -0.05) is 56.0 Å². The maximum atomic E-state index is 12.3. The van der Waals surface area contributed by atoms with Crippen molar-refractivity contribution in [3.63, 3.8) is 0 Å². The normalized spacial score (nSPS) is 12.6. The molecule has 0 aliphatic carbocycles. The highest BCUT2D eigenvalue weighted by Crippen LogP contribution is 2.24. The number of sulfonamides is 1. The van der Waals surface area contributed by atoms with Crippen molar-refractivity contribution >= 4 is 26.0 Å². The molecule has 0 saturated heterocycles. The highest BCUT2D eigenvalue weighted by atomic mass is 79.9. The lowest BCUT2D eigenvalue weighted by atomic mass is 9.87. The third-order valence-corrected chi connectivity index (χ3v) is 5.93. The van der Waals surface area contributed by atoms with Gasteiger partial charge in [0.15, 0.2) is 0 Å². The molecule has 120 valence electrons. The third-order valence-electron chi connectivity index (χ3n) is 3.64. The predicted molar refractivity (Wildman–Crippen MR) is 92.0 cm³/mol. The van der Waals surface area contributed by atoms with Gasteiger partial charge < -0.3 is 0 Å². The van der Waals surface area contributed by atoms with Crippen LogP contribution < -0.4 is 4.72 Å². The summed E-state index contributed by atoms with van der Waals surface area (Å²) in [4.78, 5) is 0.326. The van der Waals surface area contributed by atoms with Gasteiger partial charge in [-0.2, -0.15) is 0 Å². The van der Waals surface area contributed by atoms with Crippen molar-refractivity contribution in [3.05, 3.63) is 28.2 Å². The zero-order valence-corrected chi connectivity index (χ0v) is 15.8. The second kappa shape index (κ2) is 7.75. The molecule has 5 heteroatoms. The van der Waals surface area contributed by atoms with Crippen molar-refractivity contribution in [1.29, 1.82) is 0 Å². The van der Waals surface area contributed by atoms with Crippen LogP contribution in [-0.2, 0) is 10.0 Å². The summed E-state index contributed by atoms with van der Waals surface area (Å²) in [6.45, 7) is 8.74. The van der Waals surface area contributed by atoms with Gasteiger partial charge in [-0.3, -0.25) is 0 Å². The molecule has 3 nitrogen and oxygen atoms in total. The van der Waals surface area contributed by atoms with E-state index in [0.717, 1.165) is 22.9 Å². The first-order valence-corrected chi connectivity index (χ1v) is 9.71. The Hall–Kier alpha value is -0.390. The predicted octanol–water partition coefficient (Wildman–Crippen LogP) is 4.64. The molecular weight excluding hydrogens is 350 g/mol. The van der Waals surface area contributed by atoms with E-state index in [0.29, 0.717) is 11.4 Å². The van der Waals surface area contributed by atoms with E-state index in [1.807, 2.05) is 6.92 Å². The smallest absolute Gasteiger partial charge is 0.211 e. The Morgan fingerprint density at radius 3 is 2.48 bits per heavy atom. The lowest BCUT2D eigenvalue weighted by Gasteiger charge is -2.25. The average molecular weight is 376 g/mol. The highest BCUT2D eigenvalue weighted by Gasteiger charge is 2.22. The second-order valence-electron chi connectivity index (χ2n) is 6.36. The largest absolute Gasteiger partial charge is 0.240 e. The molecule has 1 aromatic rings. The quantitative estimate of drug-likeness (QED) is 0.672. The number of halogens is 1. The van der Waals surface area contributed by atoms with Gasteiger partial charge in [0.05, 0.1) is 4.90 Å². The second-order valence-corrected chi connectivity index (χ2v) is 8.98. The van der Waals surface area contributed by atoms with E-state index >= 15 is 0 Å². The van der Waals surface area contributed by atoms with E-state index in [-0.39, 0.29) is 5.41 Å². The molecule has 0 saturated carbocycles. The molecule has 0 spiro atoms. The maximum absolute atomic E-state index is 12.3. The third kappa shape index (κ3) is 6.09. The average Bonchev–Trinajstić information content (AvgIpc) is 2.40. The van der Waals surface area contributed by atoms with Crippen LogP contribution in [0.25, 0.3) is 0 Å². The van der Waals surface area contributed by atoms with Crippen LogP contribution in [-0.4, -0.2) is 15.0 Å². The number of nitrogens with one attached hydrogen (secondary N) is 1. The number of benzene rings is 1. The molecule has 21 heavy (non-hydrogen) atoms. The minimum absolute atomic E-state index is 0.0212. The topological polar surface area (TPSA) is 46.2 Å². The molecule has 0 aliphatic rings. The Bertz CT molecular complexity index is 568. The molecule has 1 rings (SSSR count). The van der Waals surface area contributed by atoms with Gasteiger partial charge in [-0.15, -0.1) is 0 Å². The Morgan fingerprint density at radius 2 is 1.90 bits per heavy atom. The van der Waals surface area contributed by atoms with Crippen molar-refractivity contribution in [2.75, 3.05) is 6.54 Å². The zero-order chi connectivity index (χ0) is 16.1. The van der Waals surface area contributed by atoms with Gasteiger partial charge in [-0.25, -0.2) is 13.1 Å². The Morgan fingerprint density at radius 1 is 1.24 bits per heavy atom. The Labute approximate surface area is 137 Å². The summed E-state index contributed by atoms with van der Waals surface area (Å²) in [5, 5.41) is 0. The van der Waals surface area contributed by atoms with Crippen molar-refractivity contribution in [1.82, 2.24) is 4.72 Å². The summed E-state index contributed by atoms with van der Waals surface area (Å²) < 4.78 is 28.4. The van der Waals surface area contributed by atoms with Gasteiger partial charge in [0, 0.05) is 11.0 Å². The lowest BCUT2D eigenvalue weighted by Crippen LogP contribution is -2.34. The molecule has 0 unspecified atom stereocenters. The van der Waals surface area contributed by atoms with Crippen LogP contribution in [0.5, 0.6) is 0 Å². The van der Waals surface area contributed by atoms with E-state index < -0.39 is 10.0 Å². The number of unbranched alkanes of at least 4 members (excludes halogenated alkanes) is 2. The van der Waals surface area contributed by atoms with Crippen LogP contribution in [0.1, 0.15) is 52.0 Å². The summed E-state index contributed by atoms with van der Waals surface area (Å²) in [5.41, 5.74) is 0.896. The lowest BCUT2D eigenvalue weighted by molar-refractivity contribution is 0.320. The standard InChI is InChI=1S/C16H26BrNO2S/c1-5-6-7-10-16(3,4)12-18-21(19,20)14-8-9-15(17)13(2)11-14/h8-9,11,18H,5-7,10,12H2,1-4H3. The summed E-state index contributed by atoms with van der Waals surface area (Å²) in [6, 6.07) is 5.09. The van der Waals surface area contributed by atoms with Crippen LogP contribution in [0.15, 0.2) is 27.6 Å². The fraction of sp³-hybridized carbons (Fsp3) is 0.625. The van der Waals surface area contributed by atoms with Gasteiger partial charge in [-0.05, 0) is 42.5 Å². The van der Waals surface area contributed by atoms with Crippen LogP contribution in [0.2, 0.25) is 0 Å². The van der Waals surface area contributed by atoms with Crippen molar-refractivity contribution in [2.24, 2.45) is 5.41 Å². The monoisotopic (exact) mass is 375 g/mol. The van der Waals surface area contributed by atoms with Gasteiger partial charge >= 0.3 is 0 Å². The van der Waals surface area contributed by atoms with Gasteiger partial charge in [0.2, 0.25) is 10.0 Å². The molecule has 1 N–H and O–H groups in total. The Kier molecular flexibility index (Phi) is 6.88. The first kappa shape index (κ1) is 18.7. The van der Waals surface area contributed by atoms with E-state index in [4.69, 9.17) is 0 Å². The van der Waals surface area contributed by atoms with E-state index in [2.05, 4.69) is 41.4 Å². The molecule has 0 aliphatic heterocycles. The SMILES string of the molecule is CCCCCC(C)(C)CNS(=O)(=O)c1ccc(Br)c(C)c1. The first-order valence-electron chi connectivity index (χ1n) is 7.44. The zero-order valence-electron chi connectivity index (χ0n) is 13.4. The van der Waals surface area contributed by atoms with Crippen molar-refractivity contribution in [2.45, 2.75) is 58.3 Å². The fourth-order valence-electron chi connectivity index (χ4n) is 2.10. The highest BCUT2D eigenvalue weighted by molar-refractivity contribution is 9.10. The maximum Gasteiger partial charge on any atom is 0.240 e. The number of aryl methyl sites for hydroxylation is 1. The molecule has 0 radical (unpaired) electrons. The molecular formula is C16H26BrNO2S. The molecule has 1 aromatic carbocycles. The van der Waals surface area contributed by atoms with Crippen LogP contribution in [0.3, 0.4) is 0 Å². The number of hydrogen-bond acceptors (Lipinski definition) is 2. The van der Waals surface area contributed by atoms with Crippen LogP contribution >= 0.6 is 15.9 Å².